The molecule has 1 aliphatic heterocycles. The van der Waals surface area contributed by atoms with Crippen molar-refractivity contribution in [2.45, 2.75) is 45.4 Å². The van der Waals surface area contributed by atoms with Gasteiger partial charge in [0.25, 0.3) is 0 Å². The van der Waals surface area contributed by atoms with Gasteiger partial charge in [0.05, 0.1) is 12.7 Å². The zero-order valence-corrected chi connectivity index (χ0v) is 11.3. The molecule has 1 aromatic carbocycles. The number of benzene rings is 1. The topological polar surface area (TPSA) is 30.5 Å². The third-order valence-electron chi connectivity index (χ3n) is 3.39. The van der Waals surface area contributed by atoms with Gasteiger partial charge in [-0.2, -0.15) is 5.48 Å². The summed E-state index contributed by atoms with van der Waals surface area (Å²) < 4.78 is 5.74. The van der Waals surface area contributed by atoms with Crippen LogP contribution in [0, 0.1) is 5.92 Å². The van der Waals surface area contributed by atoms with E-state index in [0.717, 1.165) is 19.4 Å². The fraction of sp³-hybridized carbons (Fsp3) is 0.600. The molecule has 2 rings (SSSR count). The Morgan fingerprint density at radius 2 is 2.11 bits per heavy atom. The molecule has 3 nitrogen and oxygen atoms in total. The number of rotatable bonds is 5. The second-order valence-corrected chi connectivity index (χ2v) is 5.27. The molecule has 100 valence electrons. The Morgan fingerprint density at radius 3 is 2.83 bits per heavy atom. The Balaban J connectivity index is 1.70. The van der Waals surface area contributed by atoms with Crippen molar-refractivity contribution in [1.82, 2.24) is 5.48 Å². The summed E-state index contributed by atoms with van der Waals surface area (Å²) in [7, 11) is 0. The highest BCUT2D eigenvalue weighted by Crippen LogP contribution is 2.20. The normalized spacial score (nSPS) is 24.4. The molecular formula is C15H23NO2. The van der Waals surface area contributed by atoms with Crippen LogP contribution in [0.2, 0.25) is 0 Å². The van der Waals surface area contributed by atoms with Gasteiger partial charge >= 0.3 is 0 Å². The van der Waals surface area contributed by atoms with Crippen LogP contribution in [0.15, 0.2) is 30.3 Å². The molecule has 1 aromatic rings. The van der Waals surface area contributed by atoms with Gasteiger partial charge in [0, 0.05) is 12.6 Å². The van der Waals surface area contributed by atoms with E-state index < -0.39 is 0 Å². The molecule has 0 radical (unpaired) electrons. The molecule has 1 N–H and O–H groups in total. The molecule has 2 atom stereocenters. The summed E-state index contributed by atoms with van der Waals surface area (Å²) in [5, 5.41) is 0. The molecule has 1 fully saturated rings. The van der Waals surface area contributed by atoms with Crippen LogP contribution in [-0.4, -0.2) is 18.8 Å². The third-order valence-corrected chi connectivity index (χ3v) is 3.39. The zero-order chi connectivity index (χ0) is 12.8. The van der Waals surface area contributed by atoms with Crippen molar-refractivity contribution in [3.8, 4) is 0 Å². The average Bonchev–Trinajstić information content (AvgIpc) is 2.40. The van der Waals surface area contributed by atoms with Crippen LogP contribution in [0.1, 0.15) is 32.3 Å². The molecule has 0 amide bonds. The lowest BCUT2D eigenvalue weighted by Crippen LogP contribution is -2.40. The van der Waals surface area contributed by atoms with Crippen molar-refractivity contribution < 1.29 is 9.57 Å². The minimum Gasteiger partial charge on any atom is -0.378 e. The number of hydrogen-bond acceptors (Lipinski definition) is 3. The first-order valence-corrected chi connectivity index (χ1v) is 6.78. The van der Waals surface area contributed by atoms with E-state index in [1.807, 2.05) is 18.2 Å². The maximum Gasteiger partial charge on any atom is 0.0933 e. The highest BCUT2D eigenvalue weighted by Gasteiger charge is 2.24. The van der Waals surface area contributed by atoms with Gasteiger partial charge < -0.3 is 4.74 Å². The summed E-state index contributed by atoms with van der Waals surface area (Å²) in [5.74, 6) is 0.573. The summed E-state index contributed by atoms with van der Waals surface area (Å²) in [4.78, 5) is 5.58. The van der Waals surface area contributed by atoms with Gasteiger partial charge in [0.2, 0.25) is 0 Å². The molecule has 3 heteroatoms. The number of ether oxygens (including phenoxy) is 1. The molecule has 2 unspecified atom stereocenters. The van der Waals surface area contributed by atoms with E-state index in [1.165, 1.54) is 5.56 Å². The summed E-state index contributed by atoms with van der Waals surface area (Å²) >= 11 is 0. The maximum atomic E-state index is 5.74. The summed E-state index contributed by atoms with van der Waals surface area (Å²) in [6.07, 6.45) is 2.42. The third kappa shape index (κ3) is 4.09. The molecule has 0 aromatic heterocycles. The van der Waals surface area contributed by atoms with Crippen molar-refractivity contribution in [2.24, 2.45) is 5.92 Å². The van der Waals surface area contributed by atoms with E-state index in [-0.39, 0.29) is 0 Å². The van der Waals surface area contributed by atoms with Crippen LogP contribution < -0.4 is 5.48 Å². The quantitative estimate of drug-likeness (QED) is 0.814. The van der Waals surface area contributed by atoms with Gasteiger partial charge in [0.15, 0.2) is 0 Å². The molecule has 0 bridgehead atoms. The largest absolute Gasteiger partial charge is 0.378 e. The molecule has 18 heavy (non-hydrogen) atoms. The van der Waals surface area contributed by atoms with Gasteiger partial charge in [-0.3, -0.25) is 4.84 Å². The predicted molar refractivity (Wildman–Crippen MR) is 72.0 cm³/mol. The van der Waals surface area contributed by atoms with E-state index in [4.69, 9.17) is 9.57 Å². The molecule has 0 spiro atoms. The van der Waals surface area contributed by atoms with Gasteiger partial charge in [-0.25, -0.2) is 0 Å². The SMILES string of the molecule is CC(C)C1CC(NOCc2ccccc2)CCO1. The highest BCUT2D eigenvalue weighted by molar-refractivity contribution is 5.13. The number of nitrogens with one attached hydrogen (secondary N) is 1. The van der Waals surface area contributed by atoms with Crippen molar-refractivity contribution >= 4 is 0 Å². The monoisotopic (exact) mass is 249 g/mol. The summed E-state index contributed by atoms with van der Waals surface area (Å²) in [6, 6.07) is 10.6. The molecule has 1 heterocycles. The van der Waals surface area contributed by atoms with Crippen LogP contribution in [-0.2, 0) is 16.2 Å². The Labute approximate surface area is 109 Å². The van der Waals surface area contributed by atoms with Crippen molar-refractivity contribution in [2.75, 3.05) is 6.61 Å². The fourth-order valence-corrected chi connectivity index (χ4v) is 2.22. The summed E-state index contributed by atoms with van der Waals surface area (Å²) in [5.41, 5.74) is 4.37. The first kappa shape index (κ1) is 13.5. The zero-order valence-electron chi connectivity index (χ0n) is 11.3. The molecule has 0 saturated carbocycles. The van der Waals surface area contributed by atoms with Gasteiger partial charge in [0.1, 0.15) is 0 Å². The van der Waals surface area contributed by atoms with Crippen LogP contribution in [0.25, 0.3) is 0 Å². The maximum absolute atomic E-state index is 5.74. The van der Waals surface area contributed by atoms with Crippen LogP contribution in [0.4, 0.5) is 0 Å². The molecule has 1 aliphatic rings. The van der Waals surface area contributed by atoms with E-state index in [1.54, 1.807) is 0 Å². The lowest BCUT2D eigenvalue weighted by Gasteiger charge is -2.32. The predicted octanol–water partition coefficient (Wildman–Crippen LogP) is 2.91. The number of hydrogen-bond donors (Lipinski definition) is 1. The summed E-state index contributed by atoms with van der Waals surface area (Å²) in [6.45, 7) is 5.86. The standard InChI is InChI=1S/C15H23NO2/c1-12(2)15-10-14(8-9-17-15)16-18-11-13-6-4-3-5-7-13/h3-7,12,14-16H,8-11H2,1-2H3. The second-order valence-electron chi connectivity index (χ2n) is 5.27. The Hall–Kier alpha value is -0.900. The second kappa shape index (κ2) is 6.88. The van der Waals surface area contributed by atoms with Crippen molar-refractivity contribution in [1.29, 1.82) is 0 Å². The Morgan fingerprint density at radius 1 is 1.33 bits per heavy atom. The van der Waals surface area contributed by atoms with E-state index >= 15 is 0 Å². The lowest BCUT2D eigenvalue weighted by atomic mass is 9.96. The van der Waals surface area contributed by atoms with Crippen LogP contribution in [0.5, 0.6) is 0 Å². The van der Waals surface area contributed by atoms with E-state index in [0.29, 0.717) is 24.7 Å². The van der Waals surface area contributed by atoms with Gasteiger partial charge in [-0.05, 0) is 24.3 Å². The van der Waals surface area contributed by atoms with E-state index in [2.05, 4.69) is 31.5 Å². The minimum atomic E-state index is 0.358. The van der Waals surface area contributed by atoms with Crippen molar-refractivity contribution in [3.05, 3.63) is 35.9 Å². The first-order valence-electron chi connectivity index (χ1n) is 6.78. The van der Waals surface area contributed by atoms with Crippen LogP contribution >= 0.6 is 0 Å². The van der Waals surface area contributed by atoms with Crippen molar-refractivity contribution in [3.63, 3.8) is 0 Å². The lowest BCUT2D eigenvalue weighted by molar-refractivity contribution is -0.0703. The number of hydroxylamine groups is 1. The average molecular weight is 249 g/mol. The Kier molecular flexibility index (Phi) is 5.17. The van der Waals surface area contributed by atoms with Gasteiger partial charge in [-0.1, -0.05) is 44.2 Å². The molecule has 0 aliphatic carbocycles. The smallest absolute Gasteiger partial charge is 0.0933 e. The molecule has 1 saturated heterocycles. The van der Waals surface area contributed by atoms with Crippen LogP contribution in [0.3, 0.4) is 0 Å². The first-order chi connectivity index (χ1) is 8.75. The molecular weight excluding hydrogens is 226 g/mol. The Bertz CT molecular complexity index is 340. The van der Waals surface area contributed by atoms with E-state index in [9.17, 15) is 0 Å². The van der Waals surface area contributed by atoms with Gasteiger partial charge in [-0.15, -0.1) is 0 Å². The highest BCUT2D eigenvalue weighted by atomic mass is 16.6. The minimum absolute atomic E-state index is 0.358. The fourth-order valence-electron chi connectivity index (χ4n) is 2.22.